The van der Waals surface area contributed by atoms with Crippen LogP contribution in [0, 0.1) is 0 Å². The summed E-state index contributed by atoms with van der Waals surface area (Å²) >= 11 is 6.07. The third-order valence-corrected chi connectivity index (χ3v) is 4.14. The number of urea groups is 1. The van der Waals surface area contributed by atoms with Crippen molar-refractivity contribution < 1.29 is 4.79 Å². The summed E-state index contributed by atoms with van der Waals surface area (Å²) in [6, 6.07) is 15.7. The lowest BCUT2D eigenvalue weighted by Gasteiger charge is -2.28. The van der Waals surface area contributed by atoms with Gasteiger partial charge in [0.25, 0.3) is 0 Å². The minimum Gasteiger partial charge on any atom is -0.320 e. The summed E-state index contributed by atoms with van der Waals surface area (Å²) in [5.74, 6) is 0. The number of carbonyl (C=O) groups excluding carboxylic acids is 1. The van der Waals surface area contributed by atoms with Crippen LogP contribution in [-0.4, -0.2) is 17.5 Å². The molecule has 3 rings (SSSR count). The fraction of sp³-hybridized carbons (Fsp3) is 0.167. The molecule has 1 aliphatic heterocycles. The van der Waals surface area contributed by atoms with Gasteiger partial charge in [0.1, 0.15) is 0 Å². The van der Waals surface area contributed by atoms with Crippen molar-refractivity contribution in [3.63, 3.8) is 0 Å². The van der Waals surface area contributed by atoms with E-state index in [2.05, 4.69) is 17.4 Å². The molecule has 0 saturated carbocycles. The van der Waals surface area contributed by atoms with E-state index in [0.29, 0.717) is 11.6 Å². The SMILES string of the molecule is O=C(N/C=C/c1ccccc1Cl)N1CCc2ccccc2C1. The van der Waals surface area contributed by atoms with Gasteiger partial charge in [-0.25, -0.2) is 4.79 Å². The zero-order chi connectivity index (χ0) is 15.4. The summed E-state index contributed by atoms with van der Waals surface area (Å²) in [6.45, 7) is 1.39. The molecule has 2 aromatic carbocycles. The highest BCUT2D eigenvalue weighted by molar-refractivity contribution is 6.32. The Morgan fingerprint density at radius 2 is 1.82 bits per heavy atom. The van der Waals surface area contributed by atoms with Crippen LogP contribution in [0.25, 0.3) is 6.08 Å². The minimum atomic E-state index is -0.0854. The standard InChI is InChI=1S/C18H17ClN2O/c19-17-8-4-3-6-15(17)9-11-20-18(22)21-12-10-14-5-1-2-7-16(14)13-21/h1-9,11H,10,12-13H2,(H,20,22)/b11-9+. The van der Waals surface area contributed by atoms with Crippen LogP contribution in [0.2, 0.25) is 5.02 Å². The number of fused-ring (bicyclic) bond motifs is 1. The van der Waals surface area contributed by atoms with Crippen LogP contribution >= 0.6 is 11.6 Å². The quantitative estimate of drug-likeness (QED) is 0.890. The molecule has 0 spiro atoms. The second-order valence-electron chi connectivity index (χ2n) is 5.24. The molecule has 4 heteroatoms. The molecule has 1 aliphatic rings. The number of rotatable bonds is 2. The van der Waals surface area contributed by atoms with Gasteiger partial charge in [0.15, 0.2) is 0 Å². The normalized spacial score (nSPS) is 14.0. The Bertz CT molecular complexity index is 712. The maximum atomic E-state index is 12.2. The van der Waals surface area contributed by atoms with Crippen LogP contribution in [0.1, 0.15) is 16.7 Å². The van der Waals surface area contributed by atoms with Gasteiger partial charge >= 0.3 is 6.03 Å². The lowest BCUT2D eigenvalue weighted by atomic mass is 10.0. The average molecular weight is 313 g/mol. The molecule has 0 unspecified atom stereocenters. The number of nitrogens with one attached hydrogen (secondary N) is 1. The molecule has 0 bridgehead atoms. The molecular formula is C18H17ClN2O. The van der Waals surface area contributed by atoms with Gasteiger partial charge in [-0.15, -0.1) is 0 Å². The molecule has 0 aromatic heterocycles. The molecule has 0 saturated heterocycles. The molecule has 3 nitrogen and oxygen atoms in total. The molecule has 2 aromatic rings. The van der Waals surface area contributed by atoms with Crippen molar-refractivity contribution in [1.82, 2.24) is 10.2 Å². The van der Waals surface area contributed by atoms with Crippen molar-refractivity contribution in [3.8, 4) is 0 Å². The Balaban J connectivity index is 1.60. The van der Waals surface area contributed by atoms with E-state index in [-0.39, 0.29) is 6.03 Å². The first-order valence-corrected chi connectivity index (χ1v) is 7.65. The van der Waals surface area contributed by atoms with E-state index in [1.165, 1.54) is 11.1 Å². The fourth-order valence-electron chi connectivity index (χ4n) is 2.57. The summed E-state index contributed by atoms with van der Waals surface area (Å²) in [7, 11) is 0. The lowest BCUT2D eigenvalue weighted by molar-refractivity contribution is 0.196. The van der Waals surface area contributed by atoms with Gasteiger partial charge in [-0.1, -0.05) is 54.1 Å². The van der Waals surface area contributed by atoms with E-state index in [0.717, 1.165) is 18.5 Å². The van der Waals surface area contributed by atoms with Gasteiger partial charge in [0.2, 0.25) is 0 Å². The van der Waals surface area contributed by atoms with Crippen molar-refractivity contribution in [2.75, 3.05) is 6.54 Å². The zero-order valence-electron chi connectivity index (χ0n) is 12.1. The van der Waals surface area contributed by atoms with Crippen LogP contribution in [0.3, 0.4) is 0 Å². The van der Waals surface area contributed by atoms with Crippen molar-refractivity contribution in [1.29, 1.82) is 0 Å². The Morgan fingerprint density at radius 3 is 2.64 bits per heavy atom. The number of amides is 2. The van der Waals surface area contributed by atoms with Crippen LogP contribution in [0.5, 0.6) is 0 Å². The fourth-order valence-corrected chi connectivity index (χ4v) is 2.77. The van der Waals surface area contributed by atoms with E-state index in [9.17, 15) is 4.79 Å². The average Bonchev–Trinajstić information content (AvgIpc) is 2.56. The third kappa shape index (κ3) is 3.31. The van der Waals surface area contributed by atoms with Gasteiger partial charge in [0.05, 0.1) is 0 Å². The zero-order valence-corrected chi connectivity index (χ0v) is 12.9. The Labute approximate surface area is 135 Å². The first-order valence-electron chi connectivity index (χ1n) is 7.27. The van der Waals surface area contributed by atoms with E-state index in [1.54, 1.807) is 12.3 Å². The summed E-state index contributed by atoms with van der Waals surface area (Å²) < 4.78 is 0. The molecule has 2 amide bonds. The summed E-state index contributed by atoms with van der Waals surface area (Å²) in [5.41, 5.74) is 3.44. The summed E-state index contributed by atoms with van der Waals surface area (Å²) in [6.07, 6.45) is 4.35. The number of hydrogen-bond donors (Lipinski definition) is 1. The largest absolute Gasteiger partial charge is 0.321 e. The maximum absolute atomic E-state index is 12.2. The molecule has 112 valence electrons. The highest BCUT2D eigenvalue weighted by atomic mass is 35.5. The Morgan fingerprint density at radius 1 is 1.09 bits per heavy atom. The third-order valence-electron chi connectivity index (χ3n) is 3.79. The topological polar surface area (TPSA) is 32.3 Å². The smallest absolute Gasteiger partial charge is 0.320 e. The van der Waals surface area contributed by atoms with Gasteiger partial charge in [0, 0.05) is 24.3 Å². The second kappa shape index (κ2) is 6.67. The van der Waals surface area contributed by atoms with Crippen molar-refractivity contribution in [3.05, 3.63) is 76.4 Å². The molecule has 0 atom stereocenters. The van der Waals surface area contributed by atoms with Crippen molar-refractivity contribution in [2.45, 2.75) is 13.0 Å². The second-order valence-corrected chi connectivity index (χ2v) is 5.65. The number of halogens is 1. The molecular weight excluding hydrogens is 296 g/mol. The van der Waals surface area contributed by atoms with Crippen molar-refractivity contribution >= 4 is 23.7 Å². The molecule has 22 heavy (non-hydrogen) atoms. The number of benzene rings is 2. The van der Waals surface area contributed by atoms with Gasteiger partial charge in [-0.3, -0.25) is 0 Å². The number of hydrogen-bond acceptors (Lipinski definition) is 1. The predicted molar refractivity (Wildman–Crippen MR) is 89.6 cm³/mol. The summed E-state index contributed by atoms with van der Waals surface area (Å²) in [5, 5.41) is 3.47. The molecule has 0 aliphatic carbocycles. The van der Waals surface area contributed by atoms with Crippen LogP contribution in [-0.2, 0) is 13.0 Å². The highest BCUT2D eigenvalue weighted by Crippen LogP contribution is 2.18. The molecule has 0 fully saturated rings. The Kier molecular flexibility index (Phi) is 4.45. The van der Waals surface area contributed by atoms with E-state index in [1.807, 2.05) is 41.3 Å². The predicted octanol–water partition coefficient (Wildman–Crippen LogP) is 4.08. The maximum Gasteiger partial charge on any atom is 0.321 e. The molecule has 1 heterocycles. The number of carbonyl (C=O) groups is 1. The minimum absolute atomic E-state index is 0.0854. The van der Waals surface area contributed by atoms with Crippen LogP contribution in [0.15, 0.2) is 54.7 Å². The first kappa shape index (κ1) is 14.7. The highest BCUT2D eigenvalue weighted by Gasteiger charge is 2.19. The lowest BCUT2D eigenvalue weighted by Crippen LogP contribution is -2.40. The van der Waals surface area contributed by atoms with Gasteiger partial charge in [-0.05, 0) is 35.3 Å². The van der Waals surface area contributed by atoms with Gasteiger partial charge < -0.3 is 10.2 Å². The summed E-state index contributed by atoms with van der Waals surface area (Å²) in [4.78, 5) is 14.0. The van der Waals surface area contributed by atoms with Crippen LogP contribution < -0.4 is 5.32 Å². The molecule has 0 radical (unpaired) electrons. The number of nitrogens with zero attached hydrogens (tertiary/aromatic N) is 1. The van der Waals surface area contributed by atoms with Crippen LogP contribution in [0.4, 0.5) is 4.79 Å². The van der Waals surface area contributed by atoms with E-state index < -0.39 is 0 Å². The first-order chi connectivity index (χ1) is 10.7. The van der Waals surface area contributed by atoms with E-state index >= 15 is 0 Å². The van der Waals surface area contributed by atoms with Gasteiger partial charge in [-0.2, -0.15) is 0 Å². The molecule has 1 N–H and O–H groups in total. The Hall–Kier alpha value is -2.26. The monoisotopic (exact) mass is 312 g/mol. The van der Waals surface area contributed by atoms with Crippen molar-refractivity contribution in [2.24, 2.45) is 0 Å². The van der Waals surface area contributed by atoms with E-state index in [4.69, 9.17) is 11.6 Å².